The average molecular weight is 604 g/mol. The standard InChI is InChI=1S/C33H29N7O3S/c1-21-13-22(2)15-25(14-21)39-28-11-8-12-34-31(28)36-32(39)27-19-37(3)33(41)30-26(27)16-29(24-17-35-38(4)18-24)40(30)44(42,43)20-23-9-6-5-7-10-23/h5-19H,20H2,1-4H3. The van der Waals surface area contributed by atoms with Crippen molar-refractivity contribution in [2.45, 2.75) is 19.6 Å². The van der Waals surface area contributed by atoms with Gasteiger partial charge in [-0.3, -0.25) is 14.0 Å². The second kappa shape index (κ2) is 10.2. The van der Waals surface area contributed by atoms with E-state index in [1.807, 2.05) is 36.6 Å². The monoisotopic (exact) mass is 603 g/mol. The van der Waals surface area contributed by atoms with Gasteiger partial charge in [0.1, 0.15) is 11.3 Å². The minimum atomic E-state index is -4.08. The first-order chi connectivity index (χ1) is 21.1. The fourth-order valence-corrected chi connectivity index (χ4v) is 7.55. The van der Waals surface area contributed by atoms with Crippen LogP contribution in [0.5, 0.6) is 0 Å². The molecule has 0 saturated heterocycles. The zero-order chi connectivity index (χ0) is 30.7. The number of aromatic nitrogens is 7. The van der Waals surface area contributed by atoms with Crippen LogP contribution in [-0.4, -0.2) is 41.3 Å². The van der Waals surface area contributed by atoms with E-state index in [1.54, 1.807) is 73.9 Å². The molecule has 7 rings (SSSR count). The maximum atomic E-state index is 14.2. The van der Waals surface area contributed by atoms with E-state index in [4.69, 9.17) is 4.98 Å². The van der Waals surface area contributed by atoms with Gasteiger partial charge in [-0.25, -0.2) is 22.4 Å². The van der Waals surface area contributed by atoms with Crippen molar-refractivity contribution in [3.8, 4) is 28.3 Å². The van der Waals surface area contributed by atoms with Gasteiger partial charge >= 0.3 is 0 Å². The molecule has 44 heavy (non-hydrogen) atoms. The predicted octanol–water partition coefficient (Wildman–Crippen LogP) is 5.14. The Morgan fingerprint density at radius 1 is 0.886 bits per heavy atom. The molecule has 5 aromatic heterocycles. The van der Waals surface area contributed by atoms with Gasteiger partial charge in [0, 0.05) is 54.9 Å². The molecule has 10 nitrogen and oxygen atoms in total. The normalized spacial score (nSPS) is 12.0. The quantitative estimate of drug-likeness (QED) is 0.261. The molecule has 0 unspecified atom stereocenters. The SMILES string of the molecule is Cc1cc(C)cc(-n2c(-c3cn(C)c(=O)c4c3cc(-c3cnn(C)c3)n4S(=O)(=O)Cc3ccccc3)nc3ncccc32)c1. The zero-order valence-corrected chi connectivity index (χ0v) is 25.4. The van der Waals surface area contributed by atoms with Gasteiger partial charge in [0.05, 0.1) is 23.2 Å². The van der Waals surface area contributed by atoms with Gasteiger partial charge in [0.15, 0.2) is 5.65 Å². The van der Waals surface area contributed by atoms with Gasteiger partial charge in [0.25, 0.3) is 5.56 Å². The predicted molar refractivity (Wildman–Crippen MR) is 171 cm³/mol. The van der Waals surface area contributed by atoms with Gasteiger partial charge in [-0.05, 0) is 60.9 Å². The Kier molecular flexibility index (Phi) is 6.36. The summed E-state index contributed by atoms with van der Waals surface area (Å²) in [6.07, 6.45) is 6.74. The number of benzene rings is 2. The number of fused-ring (bicyclic) bond motifs is 2. The summed E-state index contributed by atoms with van der Waals surface area (Å²) < 4.78 is 34.7. The van der Waals surface area contributed by atoms with Crippen LogP contribution in [0.3, 0.4) is 0 Å². The molecule has 5 heterocycles. The molecule has 0 saturated carbocycles. The Bertz CT molecular complexity index is 2380. The number of rotatable bonds is 6. The Morgan fingerprint density at radius 2 is 1.64 bits per heavy atom. The van der Waals surface area contributed by atoms with Crippen LogP contribution >= 0.6 is 0 Å². The summed E-state index contributed by atoms with van der Waals surface area (Å²) in [6.45, 7) is 4.08. The third-order valence-corrected chi connectivity index (χ3v) is 9.33. The average Bonchev–Trinajstić information content (AvgIpc) is 3.70. The molecule has 220 valence electrons. The Morgan fingerprint density at radius 3 is 2.34 bits per heavy atom. The third-order valence-electron chi connectivity index (χ3n) is 7.70. The van der Waals surface area contributed by atoms with E-state index in [1.165, 1.54) is 8.54 Å². The van der Waals surface area contributed by atoms with Crippen molar-refractivity contribution in [1.82, 2.24) is 32.9 Å². The van der Waals surface area contributed by atoms with E-state index in [9.17, 15) is 13.2 Å². The lowest BCUT2D eigenvalue weighted by Crippen LogP contribution is -2.24. The molecule has 0 amide bonds. The number of imidazole rings is 1. The summed E-state index contributed by atoms with van der Waals surface area (Å²) in [5, 5.41) is 4.75. The van der Waals surface area contributed by atoms with Crippen LogP contribution in [0.25, 0.3) is 50.4 Å². The van der Waals surface area contributed by atoms with Crippen molar-refractivity contribution >= 4 is 32.1 Å². The first-order valence-electron chi connectivity index (χ1n) is 14.0. The lowest BCUT2D eigenvalue weighted by molar-refractivity contribution is 0.588. The summed E-state index contributed by atoms with van der Waals surface area (Å²) in [7, 11) is -0.690. The van der Waals surface area contributed by atoms with Crippen LogP contribution in [0.1, 0.15) is 16.7 Å². The number of pyridine rings is 2. The Labute approximate surface area is 253 Å². The molecule has 0 aliphatic carbocycles. The van der Waals surface area contributed by atoms with Crippen molar-refractivity contribution in [3.63, 3.8) is 0 Å². The van der Waals surface area contributed by atoms with Gasteiger partial charge in [-0.15, -0.1) is 0 Å². The Balaban J connectivity index is 1.59. The van der Waals surface area contributed by atoms with E-state index < -0.39 is 15.6 Å². The van der Waals surface area contributed by atoms with E-state index in [0.29, 0.717) is 39.2 Å². The summed E-state index contributed by atoms with van der Waals surface area (Å²) in [6, 6.07) is 20.7. The highest BCUT2D eigenvalue weighted by atomic mass is 32.2. The van der Waals surface area contributed by atoms with Crippen LogP contribution < -0.4 is 5.56 Å². The van der Waals surface area contributed by atoms with E-state index in [2.05, 4.69) is 28.3 Å². The topological polar surface area (TPSA) is 110 Å². The van der Waals surface area contributed by atoms with Crippen LogP contribution in [0, 0.1) is 13.8 Å². The second-order valence-electron chi connectivity index (χ2n) is 11.1. The highest BCUT2D eigenvalue weighted by Gasteiger charge is 2.29. The van der Waals surface area contributed by atoms with Crippen LogP contribution in [0.2, 0.25) is 0 Å². The van der Waals surface area contributed by atoms with Crippen LogP contribution in [-0.2, 0) is 29.9 Å². The first kappa shape index (κ1) is 27.5. The highest BCUT2D eigenvalue weighted by molar-refractivity contribution is 7.89. The van der Waals surface area contributed by atoms with Gasteiger partial charge < -0.3 is 4.57 Å². The lowest BCUT2D eigenvalue weighted by atomic mass is 10.1. The largest absolute Gasteiger partial charge is 0.316 e. The molecule has 0 spiro atoms. The fourth-order valence-electron chi connectivity index (χ4n) is 5.90. The molecule has 2 aromatic carbocycles. The molecule has 0 fully saturated rings. The first-order valence-corrected chi connectivity index (χ1v) is 15.7. The van der Waals surface area contributed by atoms with Crippen molar-refractivity contribution < 1.29 is 8.42 Å². The molecule has 0 atom stereocenters. The van der Waals surface area contributed by atoms with Gasteiger partial charge in [0.2, 0.25) is 10.0 Å². The minimum absolute atomic E-state index is 0.0479. The van der Waals surface area contributed by atoms with Crippen LogP contribution in [0.15, 0.2) is 96.3 Å². The lowest BCUT2D eigenvalue weighted by Gasteiger charge is -2.14. The third kappa shape index (κ3) is 4.53. The van der Waals surface area contributed by atoms with Crippen molar-refractivity contribution in [2.75, 3.05) is 0 Å². The van der Waals surface area contributed by atoms with Gasteiger partial charge in [-0.2, -0.15) is 5.10 Å². The number of nitrogens with zero attached hydrogens (tertiary/aromatic N) is 7. The van der Waals surface area contributed by atoms with Crippen molar-refractivity contribution in [1.29, 1.82) is 0 Å². The smallest absolute Gasteiger partial charge is 0.275 e. The molecule has 11 heteroatoms. The van der Waals surface area contributed by atoms with E-state index >= 15 is 0 Å². The molecule has 0 aliphatic heterocycles. The number of aryl methyl sites for hydroxylation is 4. The highest BCUT2D eigenvalue weighted by Crippen LogP contribution is 2.37. The summed E-state index contributed by atoms with van der Waals surface area (Å²) in [4.78, 5) is 23.4. The fraction of sp³-hybridized carbons (Fsp3) is 0.152. The molecule has 0 aliphatic rings. The molecular formula is C33H29N7O3S. The Hall–Kier alpha value is -5.29. The maximum Gasteiger partial charge on any atom is 0.275 e. The summed E-state index contributed by atoms with van der Waals surface area (Å²) >= 11 is 0. The number of hydrogen-bond acceptors (Lipinski definition) is 6. The van der Waals surface area contributed by atoms with Gasteiger partial charge in [-0.1, -0.05) is 36.4 Å². The minimum Gasteiger partial charge on any atom is -0.316 e. The molecule has 0 N–H and O–H groups in total. The maximum absolute atomic E-state index is 14.2. The second-order valence-corrected chi connectivity index (χ2v) is 12.9. The zero-order valence-electron chi connectivity index (χ0n) is 24.6. The van der Waals surface area contributed by atoms with Crippen molar-refractivity contribution in [3.05, 3.63) is 119 Å². The molecule has 7 aromatic rings. The molecule has 0 bridgehead atoms. The number of hydrogen-bond donors (Lipinski definition) is 0. The van der Waals surface area contributed by atoms with E-state index in [0.717, 1.165) is 22.3 Å². The van der Waals surface area contributed by atoms with Crippen LogP contribution in [0.4, 0.5) is 0 Å². The van der Waals surface area contributed by atoms with Crippen molar-refractivity contribution in [2.24, 2.45) is 14.1 Å². The summed E-state index contributed by atoms with van der Waals surface area (Å²) in [5.41, 5.74) is 6.11. The molecular weight excluding hydrogens is 574 g/mol. The van der Waals surface area contributed by atoms with E-state index in [-0.39, 0.29) is 11.3 Å². The molecule has 0 radical (unpaired) electrons. The summed E-state index contributed by atoms with van der Waals surface area (Å²) in [5.74, 6) is 0.253.